The molecular formula is C31H33FN2O3. The summed E-state index contributed by atoms with van der Waals surface area (Å²) < 4.78 is 27.4. The normalized spacial score (nSPS) is 24.6. The molecule has 5 nitrogen and oxygen atoms in total. The Hall–Kier alpha value is -3.25. The number of pyridine rings is 1. The number of fused-ring (bicyclic) bond motifs is 4. The summed E-state index contributed by atoms with van der Waals surface area (Å²) in [5.41, 5.74) is 6.59. The number of carbonyl (C=O) groups excluding carboxylic acids is 1. The third-order valence-electron chi connectivity index (χ3n) is 8.44. The molecule has 0 radical (unpaired) electrons. The van der Waals surface area contributed by atoms with Gasteiger partial charge in [0, 0.05) is 41.3 Å². The van der Waals surface area contributed by atoms with Gasteiger partial charge in [-0.2, -0.15) is 0 Å². The van der Waals surface area contributed by atoms with Crippen molar-refractivity contribution >= 4 is 5.97 Å². The minimum Gasteiger partial charge on any atom is -0.473 e. The van der Waals surface area contributed by atoms with Crippen molar-refractivity contribution in [3.05, 3.63) is 93.4 Å². The minimum atomic E-state index is -0.217. The summed E-state index contributed by atoms with van der Waals surface area (Å²) in [6, 6.07) is 13.8. The number of esters is 1. The first-order valence-corrected chi connectivity index (χ1v) is 13.2. The topological polar surface area (TPSA) is 60.5 Å². The number of nitrogens with one attached hydrogen (secondary N) is 1. The zero-order chi connectivity index (χ0) is 25.9. The number of nitrogens with zero attached hydrogens (tertiary/aromatic N) is 1. The molecule has 1 saturated carbocycles. The molecule has 1 N–H and O–H groups in total. The summed E-state index contributed by atoms with van der Waals surface area (Å²) >= 11 is 0. The third-order valence-corrected chi connectivity index (χ3v) is 8.44. The molecule has 0 bridgehead atoms. The number of ether oxygens (including phenoxy) is 2. The lowest BCUT2D eigenvalue weighted by molar-refractivity contribution is -0.145. The first-order valence-electron chi connectivity index (χ1n) is 13.2. The Kier molecular flexibility index (Phi) is 5.83. The lowest BCUT2D eigenvalue weighted by Crippen LogP contribution is -2.43. The lowest BCUT2D eigenvalue weighted by atomic mass is 9.74. The van der Waals surface area contributed by atoms with Crippen molar-refractivity contribution in [2.24, 2.45) is 11.8 Å². The number of hydrogen-bond donors (Lipinski definition) is 1. The molecule has 1 unspecified atom stereocenters. The summed E-state index contributed by atoms with van der Waals surface area (Å²) in [6.07, 6.45) is 2.65. The van der Waals surface area contributed by atoms with Gasteiger partial charge in [-0.1, -0.05) is 50.2 Å². The fourth-order valence-electron chi connectivity index (χ4n) is 6.41. The van der Waals surface area contributed by atoms with Crippen molar-refractivity contribution in [1.29, 1.82) is 0 Å². The van der Waals surface area contributed by atoms with Crippen molar-refractivity contribution in [1.82, 2.24) is 10.3 Å². The SMILES string of the molecule is CCOC(=O)[C@H]1[C@@H]2Cc3cc(OCc4ccc5c(c4F)C(c4ccccc4C)NCC5(C)C)ncc3[C@@H]21. The quantitative estimate of drug-likeness (QED) is 0.451. The average molecular weight is 501 g/mol. The van der Waals surface area contributed by atoms with Crippen molar-refractivity contribution in [2.45, 2.75) is 58.1 Å². The number of hydrogen-bond acceptors (Lipinski definition) is 5. The molecule has 37 heavy (non-hydrogen) atoms. The van der Waals surface area contributed by atoms with Crippen LogP contribution in [-0.2, 0) is 28.0 Å². The van der Waals surface area contributed by atoms with E-state index in [1.807, 2.05) is 37.4 Å². The molecule has 6 rings (SSSR count). The molecule has 0 spiro atoms. The van der Waals surface area contributed by atoms with E-state index in [9.17, 15) is 4.79 Å². The fraction of sp³-hybridized carbons (Fsp3) is 0.419. The maximum Gasteiger partial charge on any atom is 0.309 e. The number of halogens is 1. The van der Waals surface area contributed by atoms with Crippen LogP contribution in [0.15, 0.2) is 48.7 Å². The van der Waals surface area contributed by atoms with Crippen LogP contribution in [0.1, 0.15) is 71.7 Å². The van der Waals surface area contributed by atoms with Crippen LogP contribution in [0.2, 0.25) is 0 Å². The monoisotopic (exact) mass is 500 g/mol. The fourth-order valence-corrected chi connectivity index (χ4v) is 6.41. The number of benzene rings is 2. The second-order valence-electron chi connectivity index (χ2n) is 11.2. The van der Waals surface area contributed by atoms with E-state index in [4.69, 9.17) is 9.47 Å². The van der Waals surface area contributed by atoms with Crippen LogP contribution < -0.4 is 10.1 Å². The maximum atomic E-state index is 16.1. The second-order valence-corrected chi connectivity index (χ2v) is 11.2. The molecule has 3 aromatic rings. The summed E-state index contributed by atoms with van der Waals surface area (Å²) in [6.45, 7) is 9.48. The molecule has 1 fully saturated rings. The first-order chi connectivity index (χ1) is 17.8. The molecule has 192 valence electrons. The Morgan fingerprint density at radius 1 is 1.19 bits per heavy atom. The van der Waals surface area contributed by atoms with E-state index >= 15 is 4.39 Å². The molecule has 3 aliphatic rings. The van der Waals surface area contributed by atoms with Gasteiger partial charge in [-0.15, -0.1) is 0 Å². The van der Waals surface area contributed by atoms with Crippen molar-refractivity contribution in [2.75, 3.05) is 13.2 Å². The molecule has 4 atom stereocenters. The van der Waals surface area contributed by atoms with Gasteiger partial charge in [0.15, 0.2) is 0 Å². The number of rotatable bonds is 6. The Labute approximate surface area is 217 Å². The van der Waals surface area contributed by atoms with E-state index in [1.54, 1.807) is 0 Å². The minimum absolute atomic E-state index is 0.0373. The van der Waals surface area contributed by atoms with Gasteiger partial charge in [0.25, 0.3) is 0 Å². The number of aromatic nitrogens is 1. The highest BCUT2D eigenvalue weighted by molar-refractivity contribution is 5.79. The molecule has 1 aliphatic heterocycles. The Balaban J connectivity index is 1.24. The predicted octanol–water partition coefficient (Wildman–Crippen LogP) is 5.53. The van der Waals surface area contributed by atoms with Crippen molar-refractivity contribution < 1.29 is 18.7 Å². The molecule has 2 aliphatic carbocycles. The summed E-state index contributed by atoms with van der Waals surface area (Å²) in [4.78, 5) is 16.6. The van der Waals surface area contributed by atoms with Crippen LogP contribution >= 0.6 is 0 Å². The lowest BCUT2D eigenvalue weighted by Gasteiger charge is -2.39. The maximum absolute atomic E-state index is 16.1. The largest absolute Gasteiger partial charge is 0.473 e. The van der Waals surface area contributed by atoms with Crippen LogP contribution in [-0.4, -0.2) is 24.1 Å². The van der Waals surface area contributed by atoms with E-state index in [0.717, 1.165) is 40.8 Å². The Morgan fingerprint density at radius 3 is 2.78 bits per heavy atom. The molecule has 0 amide bonds. The van der Waals surface area contributed by atoms with E-state index < -0.39 is 0 Å². The zero-order valence-electron chi connectivity index (χ0n) is 21.8. The second kappa shape index (κ2) is 8.95. The van der Waals surface area contributed by atoms with Gasteiger partial charge in [-0.05, 0) is 54.0 Å². The van der Waals surface area contributed by atoms with E-state index in [1.165, 1.54) is 0 Å². The van der Waals surface area contributed by atoms with Crippen molar-refractivity contribution in [3.63, 3.8) is 0 Å². The van der Waals surface area contributed by atoms with Crippen molar-refractivity contribution in [3.8, 4) is 5.88 Å². The van der Waals surface area contributed by atoms with Crippen LogP contribution in [0.5, 0.6) is 5.88 Å². The molecule has 6 heteroatoms. The smallest absolute Gasteiger partial charge is 0.309 e. The summed E-state index contributed by atoms with van der Waals surface area (Å²) in [5.74, 6) is 0.642. The molecular weight excluding hydrogens is 467 g/mol. The van der Waals surface area contributed by atoms with Crippen LogP contribution in [0.3, 0.4) is 0 Å². The van der Waals surface area contributed by atoms with Gasteiger partial charge in [0.1, 0.15) is 12.4 Å². The number of carbonyl (C=O) groups is 1. The standard InChI is InChI=1S/C31H33FN2O3/c1-5-36-30(35)26-21-12-19-13-24(33-14-22(19)25(21)26)37-15-18-10-11-23-27(28(18)32)29(34-16-31(23,3)4)20-9-7-6-8-17(20)2/h6-11,13-14,21,25-26,29,34H,5,12,15-16H2,1-4H3/t21-,25-,26+,29?/m1/s1. The highest BCUT2D eigenvalue weighted by Crippen LogP contribution is 2.61. The zero-order valence-corrected chi connectivity index (χ0v) is 21.8. The van der Waals surface area contributed by atoms with Gasteiger partial charge in [-0.3, -0.25) is 4.79 Å². The van der Waals surface area contributed by atoms with Gasteiger partial charge >= 0.3 is 5.97 Å². The van der Waals surface area contributed by atoms with Gasteiger partial charge in [0.2, 0.25) is 5.88 Å². The van der Waals surface area contributed by atoms with Gasteiger partial charge in [-0.25, -0.2) is 9.37 Å². The molecule has 2 heterocycles. The molecule has 2 aromatic carbocycles. The van der Waals surface area contributed by atoms with E-state index in [2.05, 4.69) is 49.3 Å². The Morgan fingerprint density at radius 2 is 2.00 bits per heavy atom. The highest BCUT2D eigenvalue weighted by atomic mass is 19.1. The number of aryl methyl sites for hydroxylation is 1. The molecule has 1 aromatic heterocycles. The van der Waals surface area contributed by atoms with Crippen LogP contribution in [0, 0.1) is 24.6 Å². The van der Waals surface area contributed by atoms with Gasteiger partial charge < -0.3 is 14.8 Å². The van der Waals surface area contributed by atoms with Crippen LogP contribution in [0.4, 0.5) is 4.39 Å². The Bertz CT molecular complexity index is 1380. The predicted molar refractivity (Wildman–Crippen MR) is 139 cm³/mol. The van der Waals surface area contributed by atoms with Gasteiger partial charge in [0.05, 0.1) is 18.6 Å². The van der Waals surface area contributed by atoms with E-state index in [-0.39, 0.29) is 41.7 Å². The first kappa shape index (κ1) is 24.1. The van der Waals surface area contributed by atoms with E-state index in [0.29, 0.717) is 29.5 Å². The third kappa shape index (κ3) is 4.02. The average Bonchev–Trinajstić information content (AvgIpc) is 3.46. The summed E-state index contributed by atoms with van der Waals surface area (Å²) in [5, 5.41) is 3.59. The van der Waals surface area contributed by atoms with Crippen LogP contribution in [0.25, 0.3) is 0 Å². The molecule has 0 saturated heterocycles. The highest BCUT2D eigenvalue weighted by Gasteiger charge is 2.60. The summed E-state index contributed by atoms with van der Waals surface area (Å²) in [7, 11) is 0.